The number of carbonyl (C=O) groups is 2. The monoisotopic (exact) mass is 409 g/mol. The number of benzene rings is 2. The highest BCUT2D eigenvalue weighted by atomic mass is 19.2. The van der Waals surface area contributed by atoms with E-state index in [4.69, 9.17) is 9.47 Å². The van der Waals surface area contributed by atoms with E-state index in [1.54, 1.807) is 0 Å². The minimum Gasteiger partial charge on any atom is -0.493 e. The summed E-state index contributed by atoms with van der Waals surface area (Å²) < 4.78 is 66.4. The lowest BCUT2D eigenvalue weighted by atomic mass is 10.1. The Morgan fingerprint density at radius 3 is 1.93 bits per heavy atom. The van der Waals surface area contributed by atoms with E-state index < -0.39 is 46.2 Å². The molecule has 0 N–H and O–H groups in total. The van der Waals surface area contributed by atoms with Crippen molar-refractivity contribution in [2.24, 2.45) is 0 Å². The Morgan fingerprint density at radius 1 is 0.862 bits per heavy atom. The van der Waals surface area contributed by atoms with Gasteiger partial charge in [0.05, 0.1) is 30.0 Å². The number of imide groups is 1. The van der Waals surface area contributed by atoms with E-state index in [9.17, 15) is 27.2 Å². The molecular formula is C20H15F4NO4. The Balaban J connectivity index is 1.77. The van der Waals surface area contributed by atoms with Gasteiger partial charge >= 0.3 is 0 Å². The number of fused-ring (bicyclic) bond motifs is 1. The largest absolute Gasteiger partial charge is 0.493 e. The summed E-state index contributed by atoms with van der Waals surface area (Å²) >= 11 is 0. The maximum absolute atomic E-state index is 14.1. The second-order valence-electron chi connectivity index (χ2n) is 6.81. The number of ether oxygens (including phenoxy) is 2. The van der Waals surface area contributed by atoms with Gasteiger partial charge in [-0.2, -0.15) is 0 Å². The average molecular weight is 409 g/mol. The van der Waals surface area contributed by atoms with Crippen LogP contribution in [-0.4, -0.2) is 25.0 Å². The number of hydrogen-bond acceptors (Lipinski definition) is 4. The molecule has 2 aromatic carbocycles. The van der Waals surface area contributed by atoms with Gasteiger partial charge < -0.3 is 9.47 Å². The van der Waals surface area contributed by atoms with Crippen molar-refractivity contribution in [3.63, 3.8) is 0 Å². The molecule has 0 spiro atoms. The zero-order chi connectivity index (χ0) is 20.9. The van der Waals surface area contributed by atoms with E-state index in [1.807, 2.05) is 0 Å². The summed E-state index contributed by atoms with van der Waals surface area (Å²) in [5.41, 5.74) is -2.34. The van der Waals surface area contributed by atoms with Gasteiger partial charge in [-0.25, -0.2) is 22.5 Å². The highest BCUT2D eigenvalue weighted by molar-refractivity contribution is 6.34. The van der Waals surface area contributed by atoms with Crippen molar-refractivity contribution in [1.29, 1.82) is 0 Å². The summed E-state index contributed by atoms with van der Waals surface area (Å²) in [6.07, 6.45) is 3.59. The van der Waals surface area contributed by atoms with Gasteiger partial charge in [0.25, 0.3) is 11.8 Å². The van der Waals surface area contributed by atoms with E-state index in [-0.39, 0.29) is 17.5 Å². The highest BCUT2D eigenvalue weighted by Gasteiger charge is 2.45. The first-order valence-electron chi connectivity index (χ1n) is 8.94. The second-order valence-corrected chi connectivity index (χ2v) is 6.81. The van der Waals surface area contributed by atoms with Crippen molar-refractivity contribution < 1.29 is 36.6 Å². The maximum Gasteiger partial charge on any atom is 0.269 e. The summed E-state index contributed by atoms with van der Waals surface area (Å²) in [7, 11) is 1.41. The molecule has 1 aliphatic heterocycles. The quantitative estimate of drug-likeness (QED) is 0.326. The normalized spacial score (nSPS) is 16.5. The van der Waals surface area contributed by atoms with Crippen molar-refractivity contribution in [3.8, 4) is 11.5 Å². The van der Waals surface area contributed by atoms with Gasteiger partial charge in [-0.1, -0.05) is 0 Å². The fraction of sp³-hybridized carbons (Fsp3) is 0.300. The van der Waals surface area contributed by atoms with Crippen LogP contribution in [0.25, 0.3) is 0 Å². The molecule has 0 radical (unpaired) electrons. The van der Waals surface area contributed by atoms with Crippen LogP contribution in [0.2, 0.25) is 0 Å². The van der Waals surface area contributed by atoms with Gasteiger partial charge in [-0.15, -0.1) is 0 Å². The molecule has 1 saturated carbocycles. The van der Waals surface area contributed by atoms with Crippen molar-refractivity contribution >= 4 is 17.5 Å². The smallest absolute Gasteiger partial charge is 0.269 e. The summed E-state index contributed by atoms with van der Waals surface area (Å²) in [6, 6.07) is 4.06. The number of amides is 2. The van der Waals surface area contributed by atoms with Crippen LogP contribution < -0.4 is 14.4 Å². The minimum atomic E-state index is -2.15. The second kappa shape index (κ2) is 7.06. The van der Waals surface area contributed by atoms with Gasteiger partial charge in [0.1, 0.15) is 0 Å². The Labute approximate surface area is 162 Å². The van der Waals surface area contributed by atoms with Crippen LogP contribution in [0.1, 0.15) is 46.4 Å². The lowest BCUT2D eigenvalue weighted by Crippen LogP contribution is -2.29. The number of anilines is 1. The lowest BCUT2D eigenvalue weighted by molar-refractivity contribution is 0.0924. The third kappa shape index (κ3) is 2.92. The number of nitrogens with zero attached hydrogens (tertiary/aromatic N) is 1. The summed E-state index contributed by atoms with van der Waals surface area (Å²) in [4.78, 5) is 25.6. The SMILES string of the molecule is COc1ccc(N2C(=O)c3c(F)c(F)c(F)c(F)c3C2=O)cc1OC1CCCC1. The molecule has 0 bridgehead atoms. The molecule has 9 heteroatoms. The zero-order valence-corrected chi connectivity index (χ0v) is 15.2. The molecule has 4 rings (SSSR count). The van der Waals surface area contributed by atoms with Crippen LogP contribution in [-0.2, 0) is 0 Å². The highest BCUT2D eigenvalue weighted by Crippen LogP contribution is 2.39. The molecule has 2 amide bonds. The molecule has 1 heterocycles. The van der Waals surface area contributed by atoms with Crippen LogP contribution >= 0.6 is 0 Å². The first kappa shape index (κ1) is 19.2. The number of methoxy groups -OCH3 is 1. The molecule has 0 saturated heterocycles. The van der Waals surface area contributed by atoms with Crippen molar-refractivity contribution in [2.75, 3.05) is 12.0 Å². The first-order chi connectivity index (χ1) is 13.8. The third-order valence-corrected chi connectivity index (χ3v) is 5.10. The van der Waals surface area contributed by atoms with Crippen molar-refractivity contribution in [1.82, 2.24) is 0 Å². The van der Waals surface area contributed by atoms with Gasteiger partial charge in [-0.3, -0.25) is 9.59 Å². The molecule has 5 nitrogen and oxygen atoms in total. The van der Waals surface area contributed by atoms with E-state index in [2.05, 4.69) is 0 Å². The molecule has 152 valence electrons. The zero-order valence-electron chi connectivity index (χ0n) is 15.2. The van der Waals surface area contributed by atoms with E-state index in [0.29, 0.717) is 10.6 Å². The Hall–Kier alpha value is -3.10. The topological polar surface area (TPSA) is 55.8 Å². The molecular weight excluding hydrogens is 394 g/mol. The molecule has 1 aliphatic carbocycles. The number of halogens is 4. The van der Waals surface area contributed by atoms with Crippen LogP contribution in [0.4, 0.5) is 23.2 Å². The fourth-order valence-corrected chi connectivity index (χ4v) is 3.67. The Bertz CT molecular complexity index is 987. The molecule has 0 atom stereocenters. The average Bonchev–Trinajstić information content (AvgIpc) is 3.30. The predicted octanol–water partition coefficient (Wildman–Crippen LogP) is 4.37. The molecule has 29 heavy (non-hydrogen) atoms. The summed E-state index contributed by atoms with van der Waals surface area (Å²) in [5.74, 6) is -10.1. The minimum absolute atomic E-state index is 0.0652. The van der Waals surface area contributed by atoms with E-state index in [0.717, 1.165) is 25.7 Å². The van der Waals surface area contributed by atoms with Crippen LogP contribution in [0, 0.1) is 23.3 Å². The number of hydrogen-bond donors (Lipinski definition) is 0. The standard InChI is InChI=1S/C20H15F4NO4/c1-28-11-7-6-9(8-12(11)29-10-4-2-3-5-10)25-19(26)13-14(20(25)27)16(22)18(24)17(23)15(13)21/h6-8,10H,2-5H2,1H3. The van der Waals surface area contributed by atoms with Crippen LogP contribution in [0.3, 0.4) is 0 Å². The predicted molar refractivity (Wildman–Crippen MR) is 93.3 cm³/mol. The molecule has 0 aromatic heterocycles. The molecule has 1 fully saturated rings. The summed E-state index contributed by atoms with van der Waals surface area (Å²) in [5, 5.41) is 0. The van der Waals surface area contributed by atoms with Crippen molar-refractivity contribution in [2.45, 2.75) is 31.8 Å². The molecule has 2 aliphatic rings. The number of carbonyl (C=O) groups excluding carboxylic acids is 2. The van der Waals surface area contributed by atoms with Crippen LogP contribution in [0.15, 0.2) is 18.2 Å². The van der Waals surface area contributed by atoms with E-state index >= 15 is 0 Å². The Kier molecular flexibility index (Phi) is 4.68. The molecule has 2 aromatic rings. The maximum atomic E-state index is 14.1. The van der Waals surface area contributed by atoms with Gasteiger partial charge in [-0.05, 0) is 37.8 Å². The number of rotatable bonds is 4. The summed E-state index contributed by atoms with van der Waals surface area (Å²) in [6.45, 7) is 0. The van der Waals surface area contributed by atoms with Crippen LogP contribution in [0.5, 0.6) is 11.5 Å². The van der Waals surface area contributed by atoms with E-state index in [1.165, 1.54) is 25.3 Å². The van der Waals surface area contributed by atoms with Gasteiger partial charge in [0.15, 0.2) is 34.8 Å². The first-order valence-corrected chi connectivity index (χ1v) is 8.94. The lowest BCUT2D eigenvalue weighted by Gasteiger charge is -2.19. The molecule has 0 unspecified atom stereocenters. The fourth-order valence-electron chi connectivity index (χ4n) is 3.67. The van der Waals surface area contributed by atoms with Gasteiger partial charge in [0.2, 0.25) is 0 Å². The van der Waals surface area contributed by atoms with Crippen molar-refractivity contribution in [3.05, 3.63) is 52.6 Å². The third-order valence-electron chi connectivity index (χ3n) is 5.10. The Morgan fingerprint density at radius 2 is 1.41 bits per heavy atom. The van der Waals surface area contributed by atoms with Gasteiger partial charge in [0, 0.05) is 6.07 Å².